The lowest BCUT2D eigenvalue weighted by Gasteiger charge is -2.12. The first-order valence-electron chi connectivity index (χ1n) is 11.5. The van der Waals surface area contributed by atoms with Gasteiger partial charge in [-0.25, -0.2) is 28.5 Å². The molecule has 0 aliphatic carbocycles. The predicted molar refractivity (Wildman–Crippen MR) is 137 cm³/mol. The number of nitrogens with one attached hydrogen (secondary N) is 1. The third-order valence-corrected chi connectivity index (χ3v) is 7.18. The Morgan fingerprint density at radius 1 is 1.16 bits per heavy atom. The van der Waals surface area contributed by atoms with Gasteiger partial charge < -0.3 is 14.2 Å². The largest absolute Gasteiger partial charge is 0.495 e. The van der Waals surface area contributed by atoms with Crippen LogP contribution in [-0.2, 0) is 11.2 Å². The molecule has 0 fully saturated rings. The number of rotatable bonds is 5. The van der Waals surface area contributed by atoms with Crippen molar-refractivity contribution in [2.75, 3.05) is 19.0 Å². The summed E-state index contributed by atoms with van der Waals surface area (Å²) in [7, 11) is 1.51. The number of fused-ring (bicyclic) bond motifs is 4. The van der Waals surface area contributed by atoms with E-state index in [-0.39, 0.29) is 12.4 Å². The number of benzene rings is 2. The smallest absolute Gasteiger partial charge is 0.411 e. The number of hydrogen-bond donors (Lipinski definition) is 1. The first kappa shape index (κ1) is 23.9. The highest BCUT2D eigenvalue weighted by atomic mass is 32.1. The van der Waals surface area contributed by atoms with Crippen molar-refractivity contribution in [1.82, 2.24) is 19.9 Å². The lowest BCUT2D eigenvalue weighted by Crippen LogP contribution is -2.25. The minimum Gasteiger partial charge on any atom is -0.495 e. The number of carbonyl (C=O) groups is 1. The van der Waals surface area contributed by atoms with Crippen LogP contribution in [0.4, 0.5) is 19.3 Å². The Morgan fingerprint density at radius 3 is 2.76 bits per heavy atom. The van der Waals surface area contributed by atoms with Crippen LogP contribution in [0, 0.1) is 18.6 Å². The van der Waals surface area contributed by atoms with E-state index >= 15 is 0 Å². The second-order valence-corrected chi connectivity index (χ2v) is 9.62. The Balaban J connectivity index is 1.25. The van der Waals surface area contributed by atoms with Gasteiger partial charge in [0, 0.05) is 29.0 Å². The zero-order valence-electron chi connectivity index (χ0n) is 20.1. The van der Waals surface area contributed by atoms with Crippen molar-refractivity contribution in [3.05, 3.63) is 65.9 Å². The van der Waals surface area contributed by atoms with Gasteiger partial charge in [0.2, 0.25) is 0 Å². The molecule has 12 heteroatoms. The molecule has 3 aromatic heterocycles. The normalized spacial score (nSPS) is 14.4. The Bertz CT molecular complexity index is 1710. The van der Waals surface area contributed by atoms with Gasteiger partial charge in [-0.15, -0.1) is 11.3 Å². The summed E-state index contributed by atoms with van der Waals surface area (Å²) < 4.78 is 46.4. The molecular formula is C26H19F2N5O4S. The van der Waals surface area contributed by atoms with E-state index in [0.29, 0.717) is 60.9 Å². The Kier molecular flexibility index (Phi) is 5.95. The highest BCUT2D eigenvalue weighted by molar-refractivity contribution is 7.22. The molecule has 5 aromatic rings. The first-order valence-corrected chi connectivity index (χ1v) is 12.3. The Hall–Kier alpha value is -4.45. The number of methoxy groups -OCH3 is 1. The maximum atomic E-state index is 14.9. The van der Waals surface area contributed by atoms with Gasteiger partial charge in [-0.05, 0) is 25.1 Å². The van der Waals surface area contributed by atoms with Crippen LogP contribution in [0.5, 0.6) is 11.5 Å². The number of anilines is 1. The van der Waals surface area contributed by atoms with E-state index < -0.39 is 23.8 Å². The molecule has 0 saturated carbocycles. The lowest BCUT2D eigenvalue weighted by molar-refractivity contribution is 0.100. The van der Waals surface area contributed by atoms with Gasteiger partial charge >= 0.3 is 6.09 Å². The average Bonchev–Trinajstić information content (AvgIpc) is 3.53. The molecule has 9 nitrogen and oxygen atoms in total. The summed E-state index contributed by atoms with van der Waals surface area (Å²) in [5.41, 5.74) is 2.48. The number of aromatic nitrogens is 4. The minimum absolute atomic E-state index is 0.0971. The van der Waals surface area contributed by atoms with Crippen LogP contribution in [-0.4, -0.2) is 45.8 Å². The number of hydrogen-bond acceptors (Lipinski definition) is 9. The second-order valence-electron chi connectivity index (χ2n) is 8.62. The van der Waals surface area contributed by atoms with E-state index in [2.05, 4.69) is 25.3 Å². The highest BCUT2D eigenvalue weighted by Crippen LogP contribution is 2.43. The molecule has 1 N–H and O–H groups in total. The van der Waals surface area contributed by atoms with Crippen LogP contribution in [0.2, 0.25) is 0 Å². The van der Waals surface area contributed by atoms with Crippen molar-refractivity contribution < 1.29 is 27.8 Å². The summed E-state index contributed by atoms with van der Waals surface area (Å²) in [5.74, 6) is 0.155. The summed E-state index contributed by atoms with van der Waals surface area (Å²) in [6, 6.07) is 5.72. The van der Waals surface area contributed by atoms with E-state index in [1.807, 2.05) is 0 Å². The van der Waals surface area contributed by atoms with E-state index in [0.717, 1.165) is 0 Å². The van der Waals surface area contributed by atoms with Gasteiger partial charge in [-0.1, -0.05) is 0 Å². The van der Waals surface area contributed by atoms with Crippen LogP contribution >= 0.6 is 11.3 Å². The molecule has 0 spiro atoms. The monoisotopic (exact) mass is 535 g/mol. The van der Waals surface area contributed by atoms with E-state index in [1.54, 1.807) is 19.2 Å². The number of aryl methyl sites for hydroxylation is 1. The summed E-state index contributed by atoms with van der Waals surface area (Å²) >= 11 is 1.30. The standard InChI is InChI=1S/C26H19F2N5O4S/c1-12-29-8-15(9-30-12)32-26(34)36-11-17-6-19-23(37-17)20(28)7-21-24(19)38-25(33-21)18-5-14(27)3-13-4-16(35-2)10-31-22(13)18/h3-5,7-10,17H,6,11H2,1-2H3,(H,32,34)/t17-/m1/s1. The van der Waals surface area contributed by atoms with Gasteiger partial charge in [0.25, 0.3) is 0 Å². The fourth-order valence-corrected chi connectivity index (χ4v) is 5.39. The van der Waals surface area contributed by atoms with Crippen molar-refractivity contribution in [2.45, 2.75) is 19.4 Å². The summed E-state index contributed by atoms with van der Waals surface area (Å²) in [6.45, 7) is 1.63. The minimum atomic E-state index is -0.704. The lowest BCUT2D eigenvalue weighted by atomic mass is 10.1. The number of amides is 1. The van der Waals surface area contributed by atoms with Crippen LogP contribution in [0.25, 0.3) is 31.7 Å². The number of carbonyl (C=O) groups excluding carboxylic acids is 1. The number of thiazole rings is 1. The van der Waals surface area contributed by atoms with Crippen molar-refractivity contribution >= 4 is 44.2 Å². The quantitative estimate of drug-likeness (QED) is 0.317. The Labute approximate surface area is 218 Å². The molecule has 1 aliphatic rings. The number of nitrogens with zero attached hydrogens (tertiary/aromatic N) is 4. The van der Waals surface area contributed by atoms with Gasteiger partial charge in [-0.3, -0.25) is 10.3 Å². The molecule has 0 bridgehead atoms. The predicted octanol–water partition coefficient (Wildman–Crippen LogP) is 5.45. The molecule has 0 unspecified atom stereocenters. The number of halogens is 2. The fraction of sp³-hybridized carbons (Fsp3) is 0.192. The van der Waals surface area contributed by atoms with Crippen LogP contribution in [0.1, 0.15) is 11.4 Å². The number of ether oxygens (including phenoxy) is 3. The molecule has 6 rings (SSSR count). The molecule has 0 radical (unpaired) electrons. The highest BCUT2D eigenvalue weighted by Gasteiger charge is 2.31. The molecule has 0 saturated heterocycles. The molecule has 1 atom stereocenters. The summed E-state index contributed by atoms with van der Waals surface area (Å²) in [6.07, 6.45) is 3.50. The third-order valence-electron chi connectivity index (χ3n) is 6.01. The maximum Gasteiger partial charge on any atom is 0.411 e. The molecule has 1 amide bonds. The van der Waals surface area contributed by atoms with Crippen molar-refractivity contribution in [2.24, 2.45) is 0 Å². The molecule has 1 aliphatic heterocycles. The van der Waals surface area contributed by atoms with Gasteiger partial charge in [-0.2, -0.15) is 0 Å². The topological polar surface area (TPSA) is 108 Å². The summed E-state index contributed by atoms with van der Waals surface area (Å²) in [5, 5.41) is 3.59. The van der Waals surface area contributed by atoms with E-state index in [4.69, 9.17) is 14.2 Å². The van der Waals surface area contributed by atoms with Gasteiger partial charge in [0.1, 0.15) is 35.1 Å². The zero-order valence-corrected chi connectivity index (χ0v) is 20.9. The molecule has 4 heterocycles. The van der Waals surface area contributed by atoms with E-state index in [1.165, 1.54) is 49.0 Å². The van der Waals surface area contributed by atoms with Crippen LogP contribution < -0.4 is 14.8 Å². The maximum absolute atomic E-state index is 14.9. The molecule has 2 aromatic carbocycles. The summed E-state index contributed by atoms with van der Waals surface area (Å²) in [4.78, 5) is 29.2. The van der Waals surface area contributed by atoms with Crippen molar-refractivity contribution in [3.8, 4) is 22.1 Å². The average molecular weight is 536 g/mol. The molecule has 38 heavy (non-hydrogen) atoms. The van der Waals surface area contributed by atoms with Gasteiger partial charge in [0.05, 0.1) is 47.1 Å². The first-order chi connectivity index (χ1) is 18.4. The Morgan fingerprint density at radius 2 is 1.97 bits per heavy atom. The third kappa shape index (κ3) is 4.43. The SMILES string of the molecule is COc1cnc2c(-c3nc4cc(F)c5c(c4s3)C[C@H](COC(=O)Nc3cnc(C)nc3)O5)cc(F)cc2c1. The van der Waals surface area contributed by atoms with Crippen LogP contribution in [0.3, 0.4) is 0 Å². The van der Waals surface area contributed by atoms with Crippen molar-refractivity contribution in [1.29, 1.82) is 0 Å². The molecule has 192 valence electrons. The fourth-order valence-electron chi connectivity index (χ4n) is 4.28. The molecular weight excluding hydrogens is 516 g/mol. The second kappa shape index (κ2) is 9.45. The van der Waals surface area contributed by atoms with Crippen molar-refractivity contribution in [3.63, 3.8) is 0 Å². The number of pyridine rings is 1. The van der Waals surface area contributed by atoms with Crippen LogP contribution in [0.15, 0.2) is 42.9 Å². The van der Waals surface area contributed by atoms with E-state index in [9.17, 15) is 13.6 Å². The van der Waals surface area contributed by atoms with Gasteiger partial charge in [0.15, 0.2) is 11.6 Å². The zero-order chi connectivity index (χ0) is 26.4.